The van der Waals surface area contributed by atoms with Crippen molar-refractivity contribution in [2.75, 3.05) is 12.4 Å². The Kier molecular flexibility index (Phi) is 4.21. The van der Waals surface area contributed by atoms with Gasteiger partial charge in [-0.3, -0.25) is 0 Å². The summed E-state index contributed by atoms with van der Waals surface area (Å²) in [4.78, 5) is 16.4. The first-order valence-electron chi connectivity index (χ1n) is 7.82. The Hall–Kier alpha value is -2.88. The van der Waals surface area contributed by atoms with Gasteiger partial charge in [0.15, 0.2) is 5.69 Å². The van der Waals surface area contributed by atoms with Crippen molar-refractivity contribution in [2.24, 2.45) is 0 Å². The van der Waals surface area contributed by atoms with Gasteiger partial charge in [0.1, 0.15) is 0 Å². The second-order valence-electron chi connectivity index (χ2n) is 6.01. The van der Waals surface area contributed by atoms with Gasteiger partial charge in [0.2, 0.25) is 0 Å². The molecule has 0 unspecified atom stereocenters. The van der Waals surface area contributed by atoms with Gasteiger partial charge >= 0.3 is 5.97 Å². The van der Waals surface area contributed by atoms with Crippen LogP contribution in [0.15, 0.2) is 42.5 Å². The largest absolute Gasteiger partial charge is 0.464 e. The number of aromatic nitrogens is 1. The van der Waals surface area contributed by atoms with Gasteiger partial charge in [-0.15, -0.1) is 0 Å². The second-order valence-corrected chi connectivity index (χ2v) is 6.01. The van der Waals surface area contributed by atoms with Gasteiger partial charge < -0.3 is 10.1 Å². The SMILES string of the molecule is COC(=O)c1cc(Nc2cc(C)ccc2C)c2cc(C)ccc2n1. The number of anilines is 2. The molecule has 0 atom stereocenters. The molecule has 4 nitrogen and oxygen atoms in total. The lowest BCUT2D eigenvalue weighted by Gasteiger charge is -2.14. The van der Waals surface area contributed by atoms with E-state index in [4.69, 9.17) is 4.74 Å². The summed E-state index contributed by atoms with van der Waals surface area (Å²) in [5.74, 6) is -0.443. The number of pyridine rings is 1. The lowest BCUT2D eigenvalue weighted by molar-refractivity contribution is 0.0594. The van der Waals surface area contributed by atoms with E-state index < -0.39 is 5.97 Å². The number of hydrogen-bond donors (Lipinski definition) is 1. The maximum Gasteiger partial charge on any atom is 0.356 e. The second kappa shape index (κ2) is 6.32. The van der Waals surface area contributed by atoms with Gasteiger partial charge in [-0.1, -0.05) is 23.8 Å². The highest BCUT2D eigenvalue weighted by Gasteiger charge is 2.13. The lowest BCUT2D eigenvalue weighted by atomic mass is 10.1. The molecule has 0 aliphatic heterocycles. The van der Waals surface area contributed by atoms with Crippen LogP contribution >= 0.6 is 0 Å². The fourth-order valence-electron chi connectivity index (χ4n) is 2.67. The molecule has 122 valence electrons. The van der Waals surface area contributed by atoms with Crippen LogP contribution in [0, 0.1) is 20.8 Å². The monoisotopic (exact) mass is 320 g/mol. The zero-order chi connectivity index (χ0) is 17.3. The van der Waals surface area contributed by atoms with Crippen LogP contribution in [0.3, 0.4) is 0 Å². The Labute approximate surface area is 141 Å². The van der Waals surface area contributed by atoms with E-state index in [9.17, 15) is 4.79 Å². The molecule has 24 heavy (non-hydrogen) atoms. The highest BCUT2D eigenvalue weighted by Crippen LogP contribution is 2.29. The van der Waals surface area contributed by atoms with Crippen molar-refractivity contribution in [3.63, 3.8) is 0 Å². The molecule has 1 aromatic heterocycles. The summed E-state index contributed by atoms with van der Waals surface area (Å²) in [7, 11) is 1.36. The van der Waals surface area contributed by atoms with E-state index in [2.05, 4.69) is 48.4 Å². The first-order chi connectivity index (χ1) is 11.5. The number of carbonyl (C=O) groups excluding carboxylic acids is 1. The standard InChI is InChI=1S/C20H20N2O2/c1-12-6-8-16-15(9-12)18(11-19(21-16)20(23)24-4)22-17-10-13(2)5-7-14(17)3/h5-11H,1-4H3,(H,21,22). The van der Waals surface area contributed by atoms with Crippen LogP contribution in [0.25, 0.3) is 10.9 Å². The molecule has 3 aromatic rings. The van der Waals surface area contributed by atoms with Crippen molar-refractivity contribution < 1.29 is 9.53 Å². The molecule has 0 spiro atoms. The number of methoxy groups -OCH3 is 1. The summed E-state index contributed by atoms with van der Waals surface area (Å²) in [5.41, 5.74) is 6.36. The number of nitrogens with zero attached hydrogens (tertiary/aromatic N) is 1. The molecule has 4 heteroatoms. The number of ether oxygens (including phenoxy) is 1. The Balaban J connectivity index is 2.18. The molecule has 0 bridgehead atoms. The molecule has 0 aliphatic carbocycles. The van der Waals surface area contributed by atoms with Crippen molar-refractivity contribution in [2.45, 2.75) is 20.8 Å². The molecule has 0 fully saturated rings. The molecule has 0 aliphatic rings. The summed E-state index contributed by atoms with van der Waals surface area (Å²) in [6, 6.07) is 14.0. The number of fused-ring (bicyclic) bond motifs is 1. The highest BCUT2D eigenvalue weighted by atomic mass is 16.5. The van der Waals surface area contributed by atoms with Crippen LogP contribution in [-0.2, 0) is 4.74 Å². The van der Waals surface area contributed by atoms with Crippen molar-refractivity contribution in [3.05, 3.63) is 64.8 Å². The minimum absolute atomic E-state index is 0.293. The Morgan fingerprint density at radius 1 is 0.958 bits per heavy atom. The third kappa shape index (κ3) is 3.08. The van der Waals surface area contributed by atoms with E-state index in [0.29, 0.717) is 5.69 Å². The molecular weight excluding hydrogens is 300 g/mol. The zero-order valence-corrected chi connectivity index (χ0v) is 14.3. The summed E-state index contributed by atoms with van der Waals surface area (Å²) in [5, 5.41) is 4.43. The topological polar surface area (TPSA) is 51.2 Å². The minimum atomic E-state index is -0.443. The predicted octanol–water partition coefficient (Wildman–Crippen LogP) is 4.69. The van der Waals surface area contributed by atoms with Crippen LogP contribution < -0.4 is 5.32 Å². The Morgan fingerprint density at radius 2 is 1.67 bits per heavy atom. The molecule has 0 amide bonds. The molecule has 0 saturated heterocycles. The summed E-state index contributed by atoms with van der Waals surface area (Å²) >= 11 is 0. The van der Waals surface area contributed by atoms with E-state index >= 15 is 0 Å². The van der Waals surface area contributed by atoms with Crippen LogP contribution in [0.4, 0.5) is 11.4 Å². The maximum atomic E-state index is 11.9. The van der Waals surface area contributed by atoms with Gasteiger partial charge in [-0.25, -0.2) is 9.78 Å². The number of esters is 1. The van der Waals surface area contributed by atoms with Crippen molar-refractivity contribution in [3.8, 4) is 0 Å². The van der Waals surface area contributed by atoms with Crippen LogP contribution in [0.5, 0.6) is 0 Å². The third-order valence-electron chi connectivity index (χ3n) is 4.02. The first kappa shape index (κ1) is 16.0. The average Bonchev–Trinajstić information content (AvgIpc) is 2.57. The van der Waals surface area contributed by atoms with Gasteiger partial charge in [-0.05, 0) is 56.2 Å². The van der Waals surface area contributed by atoms with Crippen molar-refractivity contribution in [1.82, 2.24) is 4.98 Å². The maximum absolute atomic E-state index is 11.9. The van der Waals surface area contributed by atoms with E-state index in [0.717, 1.165) is 33.4 Å². The van der Waals surface area contributed by atoms with Gasteiger partial charge in [0.05, 0.1) is 18.3 Å². The smallest absolute Gasteiger partial charge is 0.356 e. The number of benzene rings is 2. The first-order valence-corrected chi connectivity index (χ1v) is 7.82. The Morgan fingerprint density at radius 3 is 2.42 bits per heavy atom. The molecule has 3 rings (SSSR count). The van der Waals surface area contributed by atoms with Gasteiger partial charge in [0.25, 0.3) is 0 Å². The average molecular weight is 320 g/mol. The molecule has 0 saturated carbocycles. The molecule has 2 aromatic carbocycles. The van der Waals surface area contributed by atoms with Gasteiger partial charge in [-0.2, -0.15) is 0 Å². The predicted molar refractivity (Wildman–Crippen MR) is 97.0 cm³/mol. The summed E-state index contributed by atoms with van der Waals surface area (Å²) in [6.45, 7) is 6.15. The fraction of sp³-hybridized carbons (Fsp3) is 0.200. The number of aryl methyl sites for hydroxylation is 3. The molecule has 1 N–H and O–H groups in total. The van der Waals surface area contributed by atoms with E-state index in [1.165, 1.54) is 12.7 Å². The lowest BCUT2D eigenvalue weighted by Crippen LogP contribution is -2.06. The summed E-state index contributed by atoms with van der Waals surface area (Å²) in [6.07, 6.45) is 0. The quantitative estimate of drug-likeness (QED) is 0.711. The normalized spacial score (nSPS) is 10.7. The van der Waals surface area contributed by atoms with Gasteiger partial charge in [0, 0.05) is 11.1 Å². The third-order valence-corrected chi connectivity index (χ3v) is 4.02. The van der Waals surface area contributed by atoms with E-state index in [-0.39, 0.29) is 0 Å². The summed E-state index contributed by atoms with van der Waals surface area (Å²) < 4.78 is 4.83. The molecule has 0 radical (unpaired) electrons. The van der Waals surface area contributed by atoms with E-state index in [1.54, 1.807) is 6.07 Å². The van der Waals surface area contributed by atoms with E-state index in [1.807, 2.05) is 19.1 Å². The Bertz CT molecular complexity index is 932. The molecular formula is C20H20N2O2. The number of rotatable bonds is 3. The minimum Gasteiger partial charge on any atom is -0.464 e. The number of hydrogen-bond acceptors (Lipinski definition) is 4. The van der Waals surface area contributed by atoms with Crippen LogP contribution in [-0.4, -0.2) is 18.1 Å². The molecule has 1 heterocycles. The van der Waals surface area contributed by atoms with Crippen molar-refractivity contribution in [1.29, 1.82) is 0 Å². The number of carbonyl (C=O) groups is 1. The zero-order valence-electron chi connectivity index (χ0n) is 14.3. The van der Waals surface area contributed by atoms with Crippen LogP contribution in [0.2, 0.25) is 0 Å². The fourth-order valence-corrected chi connectivity index (χ4v) is 2.67. The highest BCUT2D eigenvalue weighted by molar-refractivity contribution is 5.99. The van der Waals surface area contributed by atoms with Crippen LogP contribution in [0.1, 0.15) is 27.2 Å². The van der Waals surface area contributed by atoms with Crippen molar-refractivity contribution >= 4 is 28.2 Å². The number of nitrogens with one attached hydrogen (secondary N) is 1.